The molecule has 0 unspecified atom stereocenters. The highest BCUT2D eigenvalue weighted by Crippen LogP contribution is 2.27. The molecule has 1 aliphatic rings. The molecule has 1 aromatic carbocycles. The topological polar surface area (TPSA) is 116 Å². The highest BCUT2D eigenvalue weighted by Gasteiger charge is 2.29. The Bertz CT molecular complexity index is 943. The van der Waals surface area contributed by atoms with Gasteiger partial charge in [0.1, 0.15) is 18.3 Å². The second-order valence-corrected chi connectivity index (χ2v) is 7.54. The van der Waals surface area contributed by atoms with E-state index in [1.165, 1.54) is 0 Å². The maximum atomic E-state index is 9.28. The lowest BCUT2D eigenvalue weighted by Crippen LogP contribution is -2.44. The van der Waals surface area contributed by atoms with Crippen molar-refractivity contribution in [2.75, 3.05) is 32.8 Å². The zero-order valence-electron chi connectivity index (χ0n) is 16.7. The summed E-state index contributed by atoms with van der Waals surface area (Å²) in [6.07, 6.45) is 3.85. The molecule has 9 heteroatoms. The molecule has 0 amide bonds. The van der Waals surface area contributed by atoms with E-state index in [0.29, 0.717) is 5.82 Å². The molecule has 0 saturated carbocycles. The number of aromatic amines is 1. The minimum absolute atomic E-state index is 0.0904. The van der Waals surface area contributed by atoms with Gasteiger partial charge in [-0.15, -0.1) is 0 Å². The number of ether oxygens (including phenoxy) is 1. The highest BCUT2D eigenvalue weighted by molar-refractivity contribution is 5.77. The van der Waals surface area contributed by atoms with E-state index >= 15 is 0 Å². The van der Waals surface area contributed by atoms with Gasteiger partial charge in [0.25, 0.3) is 6.47 Å². The minimum Gasteiger partial charge on any atom is -0.483 e. The minimum atomic E-state index is -0.250. The molecule has 0 atom stereocenters. The van der Waals surface area contributed by atoms with Crippen molar-refractivity contribution in [2.24, 2.45) is 0 Å². The van der Waals surface area contributed by atoms with Crippen LogP contribution in [0.2, 0.25) is 0 Å². The number of fused-ring (bicyclic) bond motifs is 1. The van der Waals surface area contributed by atoms with Gasteiger partial charge in [-0.1, -0.05) is 13.8 Å². The van der Waals surface area contributed by atoms with Crippen LogP contribution in [0, 0.1) is 0 Å². The van der Waals surface area contributed by atoms with Crippen LogP contribution in [0.15, 0.2) is 30.6 Å². The highest BCUT2D eigenvalue weighted by atomic mass is 16.5. The van der Waals surface area contributed by atoms with Crippen molar-refractivity contribution in [2.45, 2.75) is 25.9 Å². The zero-order valence-corrected chi connectivity index (χ0v) is 16.7. The number of carbonyl (C=O) groups is 1. The standard InChI is InChI=1S/C19H25N5O2.CH2O2/c1-19(2,13-23-7-9-26-10-8-23)18-20-5-6-24(18)14-3-4-15-16(11-14)22-17(12-25)21-15;2-1-3/h3-6,11,25H,7-10,12-13H2,1-2H3,(H,21,22);1H,(H,2,3). The molecule has 29 heavy (non-hydrogen) atoms. The van der Waals surface area contributed by atoms with Crippen molar-refractivity contribution in [1.29, 1.82) is 0 Å². The van der Waals surface area contributed by atoms with Crippen molar-refractivity contribution in [1.82, 2.24) is 24.4 Å². The van der Waals surface area contributed by atoms with Crippen molar-refractivity contribution in [3.63, 3.8) is 0 Å². The van der Waals surface area contributed by atoms with E-state index < -0.39 is 0 Å². The second-order valence-electron chi connectivity index (χ2n) is 7.54. The fourth-order valence-electron chi connectivity index (χ4n) is 3.68. The first-order chi connectivity index (χ1) is 14.0. The van der Waals surface area contributed by atoms with Gasteiger partial charge in [-0.25, -0.2) is 9.97 Å². The predicted octanol–water partition coefficient (Wildman–Crippen LogP) is 1.55. The number of benzene rings is 1. The Morgan fingerprint density at radius 2 is 2.03 bits per heavy atom. The molecule has 1 aliphatic heterocycles. The van der Waals surface area contributed by atoms with Crippen molar-refractivity contribution in [3.8, 4) is 5.69 Å². The van der Waals surface area contributed by atoms with Gasteiger partial charge in [0, 0.05) is 43.1 Å². The fraction of sp³-hybridized carbons (Fsp3) is 0.450. The molecule has 4 rings (SSSR count). The predicted molar refractivity (Wildman–Crippen MR) is 108 cm³/mol. The fourth-order valence-corrected chi connectivity index (χ4v) is 3.68. The second kappa shape index (κ2) is 9.17. The molecule has 0 spiro atoms. The molecule has 9 nitrogen and oxygen atoms in total. The van der Waals surface area contributed by atoms with Crippen LogP contribution in [0.5, 0.6) is 0 Å². The average Bonchev–Trinajstić information content (AvgIpc) is 3.35. The maximum absolute atomic E-state index is 9.28. The number of aromatic nitrogens is 4. The summed E-state index contributed by atoms with van der Waals surface area (Å²) in [6.45, 7) is 8.60. The molecule has 2 aromatic heterocycles. The number of aliphatic hydroxyl groups is 1. The summed E-state index contributed by atoms with van der Waals surface area (Å²) in [4.78, 5) is 23.0. The van der Waals surface area contributed by atoms with E-state index in [9.17, 15) is 5.11 Å². The van der Waals surface area contributed by atoms with Gasteiger partial charge in [0.2, 0.25) is 0 Å². The molecule has 0 bridgehead atoms. The van der Waals surface area contributed by atoms with E-state index in [4.69, 9.17) is 14.6 Å². The van der Waals surface area contributed by atoms with Crippen LogP contribution in [-0.2, 0) is 21.6 Å². The maximum Gasteiger partial charge on any atom is 0.290 e. The Labute approximate surface area is 169 Å². The molecule has 0 radical (unpaired) electrons. The molecule has 1 saturated heterocycles. The molecule has 0 aliphatic carbocycles. The molecule has 1 fully saturated rings. The Balaban J connectivity index is 0.000000755. The first-order valence-corrected chi connectivity index (χ1v) is 9.50. The van der Waals surface area contributed by atoms with Crippen LogP contribution in [-0.4, -0.2) is 74.0 Å². The lowest BCUT2D eigenvalue weighted by Gasteiger charge is -2.34. The zero-order chi connectivity index (χ0) is 20.9. The van der Waals surface area contributed by atoms with E-state index in [1.54, 1.807) is 0 Å². The number of aliphatic hydroxyl groups excluding tert-OH is 1. The number of carboxylic acid groups (broad SMARTS) is 1. The van der Waals surface area contributed by atoms with Crippen LogP contribution < -0.4 is 0 Å². The summed E-state index contributed by atoms with van der Waals surface area (Å²) in [6, 6.07) is 6.07. The third kappa shape index (κ3) is 4.81. The third-order valence-electron chi connectivity index (χ3n) is 4.91. The van der Waals surface area contributed by atoms with Crippen molar-refractivity contribution < 1.29 is 19.7 Å². The van der Waals surface area contributed by atoms with E-state index in [-0.39, 0.29) is 18.5 Å². The number of nitrogens with one attached hydrogen (secondary N) is 1. The van der Waals surface area contributed by atoms with Crippen LogP contribution in [0.1, 0.15) is 25.5 Å². The number of rotatable bonds is 5. The van der Waals surface area contributed by atoms with Gasteiger partial charge in [0.15, 0.2) is 0 Å². The Hall–Kier alpha value is -2.75. The van der Waals surface area contributed by atoms with E-state index in [0.717, 1.165) is 55.4 Å². The first kappa shape index (κ1) is 21.0. The number of nitrogens with zero attached hydrogens (tertiary/aromatic N) is 4. The van der Waals surface area contributed by atoms with Crippen LogP contribution in [0.25, 0.3) is 16.7 Å². The van der Waals surface area contributed by atoms with Gasteiger partial charge in [0.05, 0.1) is 24.2 Å². The molecular formula is C20H27N5O4. The normalized spacial score (nSPS) is 15.1. The van der Waals surface area contributed by atoms with Gasteiger partial charge in [-0.05, 0) is 18.2 Å². The summed E-state index contributed by atoms with van der Waals surface area (Å²) in [5.74, 6) is 1.61. The molecule has 3 aromatic rings. The van der Waals surface area contributed by atoms with Crippen molar-refractivity contribution >= 4 is 17.5 Å². The number of hydrogen-bond donors (Lipinski definition) is 3. The van der Waals surface area contributed by atoms with Gasteiger partial charge in [-0.3, -0.25) is 9.69 Å². The largest absolute Gasteiger partial charge is 0.483 e. The Morgan fingerprint density at radius 1 is 1.31 bits per heavy atom. The molecule has 156 valence electrons. The number of morpholine rings is 1. The number of imidazole rings is 2. The molecule has 3 heterocycles. The number of hydrogen-bond acceptors (Lipinski definition) is 6. The quantitative estimate of drug-likeness (QED) is 0.556. The smallest absolute Gasteiger partial charge is 0.290 e. The SMILES string of the molecule is CC(C)(CN1CCOCC1)c1nccn1-c1ccc2nc(CO)[nH]c2c1.O=CO. The van der Waals surface area contributed by atoms with Gasteiger partial charge >= 0.3 is 0 Å². The van der Waals surface area contributed by atoms with Crippen LogP contribution in [0.3, 0.4) is 0 Å². The van der Waals surface area contributed by atoms with E-state index in [2.05, 4.69) is 44.3 Å². The number of H-pyrrole nitrogens is 1. The van der Waals surface area contributed by atoms with Crippen LogP contribution >= 0.6 is 0 Å². The lowest BCUT2D eigenvalue weighted by molar-refractivity contribution is -0.122. The van der Waals surface area contributed by atoms with Gasteiger partial charge < -0.3 is 24.5 Å². The van der Waals surface area contributed by atoms with E-state index in [1.807, 2.05) is 24.5 Å². The van der Waals surface area contributed by atoms with Crippen LogP contribution in [0.4, 0.5) is 0 Å². The van der Waals surface area contributed by atoms with Gasteiger partial charge in [-0.2, -0.15) is 0 Å². The Morgan fingerprint density at radius 3 is 2.72 bits per heavy atom. The Kier molecular flexibility index (Phi) is 6.63. The summed E-state index contributed by atoms with van der Waals surface area (Å²) >= 11 is 0. The third-order valence-corrected chi connectivity index (χ3v) is 4.91. The monoisotopic (exact) mass is 401 g/mol. The molecule has 3 N–H and O–H groups in total. The summed E-state index contributed by atoms with van der Waals surface area (Å²) in [7, 11) is 0. The molecular weight excluding hydrogens is 374 g/mol. The average molecular weight is 401 g/mol. The van der Waals surface area contributed by atoms with Crippen molar-refractivity contribution in [3.05, 3.63) is 42.2 Å². The summed E-state index contributed by atoms with van der Waals surface area (Å²) in [5, 5.41) is 16.2. The first-order valence-electron chi connectivity index (χ1n) is 9.50. The summed E-state index contributed by atoms with van der Waals surface area (Å²) in [5.41, 5.74) is 2.71. The summed E-state index contributed by atoms with van der Waals surface area (Å²) < 4.78 is 7.60. The lowest BCUT2D eigenvalue weighted by atomic mass is 9.91.